The molecule has 258 valence electrons. The second-order valence-corrected chi connectivity index (χ2v) is 14.1. The van der Waals surface area contributed by atoms with E-state index in [4.69, 9.17) is 19.2 Å². The molecule has 0 spiro atoms. The van der Waals surface area contributed by atoms with Crippen LogP contribution in [-0.2, 0) is 19.1 Å². The molecule has 12 nitrogen and oxygen atoms in total. The number of nitrogens with one attached hydrogen (secondary N) is 2. The van der Waals surface area contributed by atoms with E-state index < -0.39 is 58.9 Å². The van der Waals surface area contributed by atoms with Crippen molar-refractivity contribution in [1.29, 1.82) is 0 Å². The van der Waals surface area contributed by atoms with Crippen LogP contribution in [0.1, 0.15) is 46.5 Å². The van der Waals surface area contributed by atoms with Crippen molar-refractivity contribution >= 4 is 34.8 Å². The number of nitrogens with zero attached hydrogens (tertiary/aromatic N) is 2. The number of amides is 3. The zero-order chi connectivity index (χ0) is 35.1. The van der Waals surface area contributed by atoms with Crippen molar-refractivity contribution in [3.63, 3.8) is 0 Å². The molecule has 2 saturated carbocycles. The van der Waals surface area contributed by atoms with Gasteiger partial charge in [0.15, 0.2) is 0 Å². The predicted molar refractivity (Wildman–Crippen MR) is 181 cm³/mol. The number of alkyl carbamates (subject to hydrolysis) is 1. The van der Waals surface area contributed by atoms with Crippen LogP contribution in [0.3, 0.4) is 0 Å². The molecule has 2 aromatic carbocycles. The Kier molecular flexibility index (Phi) is 9.00. The summed E-state index contributed by atoms with van der Waals surface area (Å²) in [5.41, 5.74) is -0.0789. The number of rotatable bonds is 11. The molecule has 1 aliphatic heterocycles. The Morgan fingerprint density at radius 2 is 1.82 bits per heavy atom. The van der Waals surface area contributed by atoms with Crippen LogP contribution < -0.4 is 20.1 Å². The fourth-order valence-corrected chi connectivity index (χ4v) is 6.33. The van der Waals surface area contributed by atoms with Gasteiger partial charge in [0.1, 0.15) is 41.3 Å². The number of carbonyl (C=O) groups is 4. The van der Waals surface area contributed by atoms with Gasteiger partial charge in [0, 0.05) is 35.4 Å². The van der Waals surface area contributed by atoms with Crippen molar-refractivity contribution in [3.8, 4) is 22.8 Å². The largest absolute Gasteiger partial charge is 0.497 e. The van der Waals surface area contributed by atoms with E-state index in [1.807, 2.05) is 69.3 Å². The van der Waals surface area contributed by atoms with Crippen molar-refractivity contribution in [1.82, 2.24) is 20.5 Å². The van der Waals surface area contributed by atoms with Gasteiger partial charge in [0.2, 0.25) is 11.8 Å². The number of hydrogen-bond acceptors (Lipinski definition) is 8. The minimum atomic E-state index is -1.49. The lowest BCUT2D eigenvalue weighted by molar-refractivity contribution is -0.146. The Balaban J connectivity index is 1.33. The number of pyridine rings is 1. The number of ether oxygens (including phenoxy) is 3. The molecular formula is C37H42N4O8. The number of methoxy groups -OCH3 is 1. The summed E-state index contributed by atoms with van der Waals surface area (Å²) in [5, 5.41) is 16.2. The molecule has 0 bridgehead atoms. The Hall–Kier alpha value is -5.13. The van der Waals surface area contributed by atoms with Gasteiger partial charge < -0.3 is 34.9 Å². The molecule has 2 aliphatic carbocycles. The number of carboxylic acids is 1. The summed E-state index contributed by atoms with van der Waals surface area (Å²) in [6.07, 6.45) is 1.80. The molecule has 3 fully saturated rings. The Morgan fingerprint density at radius 1 is 1.08 bits per heavy atom. The molecular weight excluding hydrogens is 628 g/mol. The normalized spacial score (nSPS) is 23.7. The van der Waals surface area contributed by atoms with Crippen LogP contribution in [0.25, 0.3) is 22.2 Å². The van der Waals surface area contributed by atoms with Crippen LogP contribution in [-0.4, -0.2) is 82.4 Å². The average Bonchev–Trinajstić information content (AvgIpc) is 3.99. The van der Waals surface area contributed by atoms with Gasteiger partial charge in [-0.3, -0.25) is 9.59 Å². The van der Waals surface area contributed by atoms with Crippen molar-refractivity contribution in [2.75, 3.05) is 13.7 Å². The lowest BCUT2D eigenvalue weighted by atomic mass is 9.85. The number of carboxylic acid groups (broad SMARTS) is 1. The number of aliphatic carboxylic acids is 1. The van der Waals surface area contributed by atoms with E-state index in [2.05, 4.69) is 17.2 Å². The third kappa shape index (κ3) is 7.04. The van der Waals surface area contributed by atoms with Crippen molar-refractivity contribution in [3.05, 3.63) is 67.3 Å². The zero-order valence-electron chi connectivity index (χ0n) is 28.1. The lowest BCUT2D eigenvalue weighted by Crippen LogP contribution is -2.59. The summed E-state index contributed by atoms with van der Waals surface area (Å²) in [6, 6.07) is 14.8. The minimum Gasteiger partial charge on any atom is -0.497 e. The van der Waals surface area contributed by atoms with E-state index in [1.54, 1.807) is 13.2 Å². The van der Waals surface area contributed by atoms with Gasteiger partial charge in [-0.25, -0.2) is 14.6 Å². The molecule has 1 aromatic heterocycles. The number of benzene rings is 2. The lowest BCUT2D eigenvalue weighted by Gasteiger charge is -2.35. The van der Waals surface area contributed by atoms with E-state index >= 15 is 0 Å². The molecule has 6 rings (SSSR count). The topological polar surface area (TPSA) is 156 Å². The molecule has 3 aliphatic rings. The molecule has 49 heavy (non-hydrogen) atoms. The molecule has 5 atom stereocenters. The van der Waals surface area contributed by atoms with E-state index in [1.165, 1.54) is 11.0 Å². The van der Waals surface area contributed by atoms with Crippen LogP contribution in [0, 0.1) is 11.3 Å². The number of fused-ring (bicyclic) bond motifs is 1. The molecule has 3 aromatic rings. The first kappa shape index (κ1) is 33.8. The van der Waals surface area contributed by atoms with Crippen LogP contribution >= 0.6 is 0 Å². The Morgan fingerprint density at radius 3 is 2.43 bits per heavy atom. The van der Waals surface area contributed by atoms with Crippen LogP contribution in [0.15, 0.2) is 67.3 Å². The number of aromatic nitrogens is 1. The maximum atomic E-state index is 14.4. The van der Waals surface area contributed by atoms with Crippen molar-refractivity contribution < 1.29 is 38.5 Å². The summed E-state index contributed by atoms with van der Waals surface area (Å²) < 4.78 is 17.5. The summed E-state index contributed by atoms with van der Waals surface area (Å²) in [7, 11) is 1.58. The fraction of sp³-hybridized carbons (Fsp3) is 0.432. The zero-order valence-corrected chi connectivity index (χ0v) is 28.1. The average molecular weight is 671 g/mol. The minimum absolute atomic E-state index is 0.00839. The highest BCUT2D eigenvalue weighted by molar-refractivity contribution is 5.96. The van der Waals surface area contributed by atoms with Gasteiger partial charge >= 0.3 is 12.1 Å². The van der Waals surface area contributed by atoms with E-state index in [0.717, 1.165) is 18.4 Å². The second-order valence-electron chi connectivity index (χ2n) is 14.1. The van der Waals surface area contributed by atoms with Gasteiger partial charge in [-0.2, -0.15) is 0 Å². The third-order valence-corrected chi connectivity index (χ3v) is 9.39. The third-order valence-electron chi connectivity index (χ3n) is 9.39. The first-order chi connectivity index (χ1) is 23.3. The molecule has 3 amide bonds. The first-order valence-electron chi connectivity index (χ1n) is 16.5. The fourth-order valence-electron chi connectivity index (χ4n) is 6.33. The Labute approximate surface area is 284 Å². The monoisotopic (exact) mass is 670 g/mol. The van der Waals surface area contributed by atoms with Gasteiger partial charge in [-0.1, -0.05) is 57.2 Å². The quantitative estimate of drug-likeness (QED) is 0.246. The van der Waals surface area contributed by atoms with Gasteiger partial charge in [0.25, 0.3) is 0 Å². The summed E-state index contributed by atoms with van der Waals surface area (Å²) in [4.78, 5) is 59.6. The second kappa shape index (κ2) is 13.1. The number of hydrogen-bond donors (Lipinski definition) is 3. The maximum absolute atomic E-state index is 14.4. The van der Waals surface area contributed by atoms with Crippen molar-refractivity contribution in [2.24, 2.45) is 11.3 Å². The molecule has 1 saturated heterocycles. The van der Waals surface area contributed by atoms with Gasteiger partial charge in [-0.05, 0) is 36.8 Å². The molecule has 2 heterocycles. The molecule has 3 N–H and O–H groups in total. The smallest absolute Gasteiger partial charge is 0.408 e. The van der Waals surface area contributed by atoms with Crippen LogP contribution in [0.2, 0.25) is 0 Å². The molecule has 0 unspecified atom stereocenters. The van der Waals surface area contributed by atoms with Gasteiger partial charge in [0.05, 0.1) is 24.9 Å². The highest BCUT2D eigenvalue weighted by atomic mass is 16.6. The van der Waals surface area contributed by atoms with E-state index in [9.17, 15) is 24.3 Å². The highest BCUT2D eigenvalue weighted by Crippen LogP contribution is 2.45. The summed E-state index contributed by atoms with van der Waals surface area (Å²) in [6.45, 7) is 9.16. The van der Waals surface area contributed by atoms with Gasteiger partial charge in [-0.15, -0.1) is 6.58 Å². The van der Waals surface area contributed by atoms with E-state index in [0.29, 0.717) is 28.1 Å². The predicted octanol–water partition coefficient (Wildman–Crippen LogP) is 4.71. The SMILES string of the molecule is C=C[C@@H]1C[C@]1(NC(=O)[C@H]1C[C@@H](Oc2cc(-c3ccccc3)nc3cc(OC)ccc23)CN1C(=O)[C@@H](NC(=O)OC1CC1)C(C)(C)C)C(=O)O. The standard InChI is InChI=1S/C37H42N4O8/c1-6-22-19-37(22,34(44)45)40-32(42)29-17-25(20-41(29)33(43)31(36(2,3)4)39-35(46)49-23-12-13-23)48-30-18-27(21-10-8-7-9-11-21)38-28-16-24(47-5)14-15-26(28)30/h6-11,14-16,18,22-23,25,29,31H,1,12-13,17,19-20H2,2-5H3,(H,39,46)(H,40,42)(H,44,45)/t22-,25-,29-,31-,37-/m1/s1. The molecule has 0 radical (unpaired) electrons. The highest BCUT2D eigenvalue weighted by Gasteiger charge is 2.61. The van der Waals surface area contributed by atoms with Crippen molar-refractivity contribution in [2.45, 2.75) is 76.3 Å². The van der Waals surface area contributed by atoms with E-state index in [-0.39, 0.29) is 25.5 Å². The summed E-state index contributed by atoms with van der Waals surface area (Å²) in [5.74, 6) is -1.60. The number of likely N-dealkylation sites (tertiary alicyclic amines) is 1. The first-order valence-corrected chi connectivity index (χ1v) is 16.5. The molecule has 12 heteroatoms. The maximum Gasteiger partial charge on any atom is 0.408 e. The summed E-state index contributed by atoms with van der Waals surface area (Å²) >= 11 is 0. The van der Waals surface area contributed by atoms with Crippen LogP contribution in [0.5, 0.6) is 11.5 Å². The Bertz CT molecular complexity index is 1790. The number of carbonyl (C=O) groups excluding carboxylic acids is 3. The van der Waals surface area contributed by atoms with Crippen LogP contribution in [0.4, 0.5) is 4.79 Å².